The molecule has 0 aliphatic carbocycles. The fourth-order valence-electron chi connectivity index (χ4n) is 1.67. The zero-order chi connectivity index (χ0) is 12.0. The van der Waals surface area contributed by atoms with Crippen LogP contribution in [0.4, 0.5) is 0 Å². The van der Waals surface area contributed by atoms with E-state index in [1.807, 2.05) is 6.07 Å². The first kappa shape index (κ1) is 13.4. The monoisotopic (exact) mass is 255 g/mol. The predicted octanol–water partition coefficient (Wildman–Crippen LogP) is 5.18. The fourth-order valence-corrected chi connectivity index (χ4v) is 2.21. The summed E-state index contributed by atoms with van der Waals surface area (Å²) in [7, 11) is 0. The second-order valence-corrected chi connectivity index (χ2v) is 4.69. The molecule has 1 rings (SSSR count). The molecule has 1 nitrogen and oxygen atoms in total. The molecule has 0 fully saturated rings. The standard InChI is InChI=1S/C13H15Cl2N/c1-2-3-4-5-10(9-16)12-7-6-11(14)8-13(12)15/h6-8,10H,2-5H2,1H3/t10-/m0/s1. The summed E-state index contributed by atoms with van der Waals surface area (Å²) in [4.78, 5) is 0. The Hall–Kier alpha value is -0.710. The Kier molecular flexibility index (Phi) is 5.66. The van der Waals surface area contributed by atoms with E-state index < -0.39 is 0 Å². The van der Waals surface area contributed by atoms with Gasteiger partial charge in [-0.1, -0.05) is 55.5 Å². The van der Waals surface area contributed by atoms with E-state index >= 15 is 0 Å². The third kappa shape index (κ3) is 3.70. The van der Waals surface area contributed by atoms with E-state index in [0.29, 0.717) is 10.0 Å². The van der Waals surface area contributed by atoms with Crippen molar-refractivity contribution < 1.29 is 0 Å². The second-order valence-electron chi connectivity index (χ2n) is 3.84. The number of benzene rings is 1. The lowest BCUT2D eigenvalue weighted by Gasteiger charge is -2.11. The molecule has 0 bridgehead atoms. The van der Waals surface area contributed by atoms with Gasteiger partial charge in [0.1, 0.15) is 0 Å². The highest BCUT2D eigenvalue weighted by Crippen LogP contribution is 2.30. The molecule has 3 heteroatoms. The molecule has 0 aliphatic heterocycles. The van der Waals surface area contributed by atoms with Crippen LogP contribution in [0.15, 0.2) is 18.2 Å². The van der Waals surface area contributed by atoms with Crippen molar-refractivity contribution in [1.82, 2.24) is 0 Å². The third-order valence-corrected chi connectivity index (χ3v) is 3.15. The van der Waals surface area contributed by atoms with Gasteiger partial charge in [0.25, 0.3) is 0 Å². The first-order valence-electron chi connectivity index (χ1n) is 5.53. The highest BCUT2D eigenvalue weighted by atomic mass is 35.5. The van der Waals surface area contributed by atoms with E-state index in [-0.39, 0.29) is 5.92 Å². The Bertz CT molecular complexity index is 382. The molecular formula is C13H15Cl2N. The van der Waals surface area contributed by atoms with Gasteiger partial charge in [0, 0.05) is 10.0 Å². The number of rotatable bonds is 5. The van der Waals surface area contributed by atoms with Gasteiger partial charge >= 0.3 is 0 Å². The van der Waals surface area contributed by atoms with Crippen LogP contribution in [0, 0.1) is 11.3 Å². The van der Waals surface area contributed by atoms with E-state index in [0.717, 1.165) is 31.2 Å². The molecule has 1 aromatic carbocycles. The van der Waals surface area contributed by atoms with E-state index in [2.05, 4.69) is 13.0 Å². The molecule has 0 unspecified atom stereocenters. The van der Waals surface area contributed by atoms with Crippen LogP contribution in [0.1, 0.15) is 44.1 Å². The van der Waals surface area contributed by atoms with Crippen molar-refractivity contribution in [3.63, 3.8) is 0 Å². The van der Waals surface area contributed by atoms with Gasteiger partial charge in [-0.15, -0.1) is 0 Å². The number of unbranched alkanes of at least 4 members (excludes halogenated alkanes) is 2. The number of nitriles is 1. The van der Waals surface area contributed by atoms with Crippen LogP contribution in [0.3, 0.4) is 0 Å². The third-order valence-electron chi connectivity index (χ3n) is 2.59. The summed E-state index contributed by atoms with van der Waals surface area (Å²) in [6.45, 7) is 2.15. The average Bonchev–Trinajstić information content (AvgIpc) is 2.26. The Morgan fingerprint density at radius 1 is 1.31 bits per heavy atom. The normalized spacial score (nSPS) is 12.1. The Balaban J connectivity index is 2.76. The Labute approximate surface area is 107 Å². The first-order valence-corrected chi connectivity index (χ1v) is 6.29. The average molecular weight is 256 g/mol. The molecule has 0 heterocycles. The summed E-state index contributed by atoms with van der Waals surface area (Å²) in [5.74, 6) is -0.115. The predicted molar refractivity (Wildman–Crippen MR) is 69.0 cm³/mol. The van der Waals surface area contributed by atoms with Crippen molar-refractivity contribution in [2.45, 2.75) is 38.5 Å². The lowest BCUT2D eigenvalue weighted by Crippen LogP contribution is -1.97. The van der Waals surface area contributed by atoms with Crippen molar-refractivity contribution in [2.24, 2.45) is 0 Å². The van der Waals surface area contributed by atoms with Gasteiger partial charge in [-0.05, 0) is 24.1 Å². The van der Waals surface area contributed by atoms with E-state index in [9.17, 15) is 0 Å². The van der Waals surface area contributed by atoms with Gasteiger partial charge in [-0.25, -0.2) is 0 Å². The van der Waals surface area contributed by atoms with Gasteiger partial charge in [0.15, 0.2) is 0 Å². The molecule has 16 heavy (non-hydrogen) atoms. The van der Waals surface area contributed by atoms with Gasteiger partial charge in [0.05, 0.1) is 12.0 Å². The van der Waals surface area contributed by atoms with Crippen LogP contribution in [-0.2, 0) is 0 Å². The van der Waals surface area contributed by atoms with Gasteiger partial charge in [-0.2, -0.15) is 5.26 Å². The van der Waals surface area contributed by atoms with Crippen LogP contribution in [0.5, 0.6) is 0 Å². The minimum absolute atomic E-state index is 0.115. The van der Waals surface area contributed by atoms with E-state index in [1.165, 1.54) is 0 Å². The van der Waals surface area contributed by atoms with E-state index in [1.54, 1.807) is 12.1 Å². The van der Waals surface area contributed by atoms with Crippen molar-refractivity contribution in [1.29, 1.82) is 5.26 Å². The maximum Gasteiger partial charge on any atom is 0.0727 e. The molecule has 0 saturated carbocycles. The number of halogens is 2. The van der Waals surface area contributed by atoms with E-state index in [4.69, 9.17) is 28.5 Å². The zero-order valence-electron chi connectivity index (χ0n) is 9.34. The maximum atomic E-state index is 9.13. The van der Waals surface area contributed by atoms with Gasteiger partial charge in [0.2, 0.25) is 0 Å². The van der Waals surface area contributed by atoms with Gasteiger partial charge < -0.3 is 0 Å². The largest absolute Gasteiger partial charge is 0.198 e. The van der Waals surface area contributed by atoms with Crippen LogP contribution in [0.25, 0.3) is 0 Å². The quantitative estimate of drug-likeness (QED) is 0.666. The topological polar surface area (TPSA) is 23.8 Å². The van der Waals surface area contributed by atoms with Crippen LogP contribution in [0.2, 0.25) is 10.0 Å². The molecule has 0 aliphatic rings. The summed E-state index contributed by atoms with van der Waals surface area (Å²) in [6.07, 6.45) is 4.25. The maximum absolute atomic E-state index is 9.13. The summed E-state index contributed by atoms with van der Waals surface area (Å²) in [6, 6.07) is 7.64. The summed E-state index contributed by atoms with van der Waals surface area (Å²) >= 11 is 11.9. The Morgan fingerprint density at radius 2 is 2.06 bits per heavy atom. The SMILES string of the molecule is CCCCC[C@@H](C#N)c1ccc(Cl)cc1Cl. The number of hydrogen-bond acceptors (Lipinski definition) is 1. The van der Waals surface area contributed by atoms with Crippen molar-refractivity contribution >= 4 is 23.2 Å². The molecular weight excluding hydrogens is 241 g/mol. The molecule has 0 N–H and O–H groups in total. The number of hydrogen-bond donors (Lipinski definition) is 0. The summed E-state index contributed by atoms with van der Waals surface area (Å²) in [5.41, 5.74) is 0.893. The van der Waals surface area contributed by atoms with Crippen molar-refractivity contribution in [2.75, 3.05) is 0 Å². The molecule has 0 amide bonds. The van der Waals surface area contributed by atoms with Crippen molar-refractivity contribution in [3.05, 3.63) is 33.8 Å². The van der Waals surface area contributed by atoms with Crippen LogP contribution >= 0.6 is 23.2 Å². The summed E-state index contributed by atoms with van der Waals surface area (Å²) < 4.78 is 0. The first-order chi connectivity index (χ1) is 7.69. The van der Waals surface area contributed by atoms with Crippen LogP contribution in [-0.4, -0.2) is 0 Å². The molecule has 0 saturated heterocycles. The minimum Gasteiger partial charge on any atom is -0.198 e. The second kappa shape index (κ2) is 6.78. The molecule has 0 radical (unpaired) electrons. The summed E-state index contributed by atoms with van der Waals surface area (Å²) in [5, 5.41) is 10.3. The van der Waals surface area contributed by atoms with Gasteiger partial charge in [-0.3, -0.25) is 0 Å². The molecule has 0 spiro atoms. The minimum atomic E-state index is -0.115. The highest BCUT2D eigenvalue weighted by molar-refractivity contribution is 6.35. The lowest BCUT2D eigenvalue weighted by atomic mass is 9.94. The Morgan fingerprint density at radius 3 is 2.62 bits per heavy atom. The molecule has 86 valence electrons. The smallest absolute Gasteiger partial charge is 0.0727 e. The molecule has 1 aromatic rings. The van der Waals surface area contributed by atoms with Crippen LogP contribution < -0.4 is 0 Å². The highest BCUT2D eigenvalue weighted by Gasteiger charge is 2.13. The fraction of sp³-hybridized carbons (Fsp3) is 0.462. The zero-order valence-corrected chi connectivity index (χ0v) is 10.9. The number of nitrogens with zero attached hydrogens (tertiary/aromatic N) is 1. The molecule has 0 aromatic heterocycles. The van der Waals surface area contributed by atoms with Crippen molar-refractivity contribution in [3.8, 4) is 6.07 Å². The lowest BCUT2D eigenvalue weighted by molar-refractivity contribution is 0.634. The molecule has 1 atom stereocenters.